The van der Waals surface area contributed by atoms with Crippen LogP contribution in [0.3, 0.4) is 0 Å². The van der Waals surface area contributed by atoms with E-state index < -0.39 is 5.60 Å². The molecule has 1 aromatic rings. The molecule has 1 aliphatic heterocycles. The Morgan fingerprint density at radius 3 is 2.86 bits per heavy atom. The highest BCUT2D eigenvalue weighted by molar-refractivity contribution is 5.69. The lowest BCUT2D eigenvalue weighted by Gasteiger charge is -2.36. The Morgan fingerprint density at radius 1 is 1.43 bits per heavy atom. The second kappa shape index (κ2) is 6.30. The number of carbonyl (C=O) groups is 1. The van der Waals surface area contributed by atoms with Gasteiger partial charge in [0.05, 0.1) is 18.8 Å². The van der Waals surface area contributed by atoms with Gasteiger partial charge >= 0.3 is 6.09 Å². The molecule has 1 amide bonds. The van der Waals surface area contributed by atoms with Crippen molar-refractivity contribution in [2.45, 2.75) is 32.4 Å². The third-order valence-electron chi connectivity index (χ3n) is 3.17. The fraction of sp³-hybridized carbons (Fsp3) is 0.600. The summed E-state index contributed by atoms with van der Waals surface area (Å²) in [5, 5.41) is 3.29. The summed E-state index contributed by atoms with van der Waals surface area (Å²) in [6.45, 7) is 7.60. The zero-order chi connectivity index (χ0) is 15.5. The van der Waals surface area contributed by atoms with Crippen molar-refractivity contribution in [1.82, 2.24) is 15.2 Å². The molecule has 6 heteroatoms. The zero-order valence-corrected chi connectivity index (χ0v) is 13.0. The molecular formula is C15H23N3O3. The summed E-state index contributed by atoms with van der Waals surface area (Å²) < 4.78 is 10.6. The van der Waals surface area contributed by atoms with Crippen LogP contribution in [0.4, 0.5) is 4.79 Å². The van der Waals surface area contributed by atoms with Crippen LogP contribution in [0.5, 0.6) is 5.88 Å². The van der Waals surface area contributed by atoms with E-state index in [1.54, 1.807) is 18.1 Å². The van der Waals surface area contributed by atoms with Gasteiger partial charge in [-0.2, -0.15) is 0 Å². The number of hydrogen-bond donors (Lipinski definition) is 1. The van der Waals surface area contributed by atoms with Crippen molar-refractivity contribution in [1.29, 1.82) is 0 Å². The molecule has 0 aromatic carbocycles. The van der Waals surface area contributed by atoms with Crippen LogP contribution in [0, 0.1) is 0 Å². The highest BCUT2D eigenvalue weighted by atomic mass is 16.6. The standard InChI is InChI=1S/C15H23N3O3/c1-15(2,3)21-14(19)18-9-8-16-10-12(18)11-6-5-7-13(17-11)20-4/h5-7,12,16H,8-10H2,1-4H3. The van der Waals surface area contributed by atoms with Crippen molar-refractivity contribution in [3.05, 3.63) is 23.9 Å². The van der Waals surface area contributed by atoms with Crippen LogP contribution in [0.2, 0.25) is 0 Å². The summed E-state index contributed by atoms with van der Waals surface area (Å²) in [5.41, 5.74) is 0.293. The average molecular weight is 293 g/mol. The fourth-order valence-corrected chi connectivity index (χ4v) is 2.24. The quantitative estimate of drug-likeness (QED) is 0.903. The first kappa shape index (κ1) is 15.6. The van der Waals surface area contributed by atoms with E-state index in [4.69, 9.17) is 9.47 Å². The molecule has 116 valence electrons. The van der Waals surface area contributed by atoms with Gasteiger partial charge in [0, 0.05) is 25.7 Å². The summed E-state index contributed by atoms with van der Waals surface area (Å²) in [6.07, 6.45) is -0.307. The number of pyridine rings is 1. The molecule has 1 saturated heterocycles. The van der Waals surface area contributed by atoms with E-state index in [-0.39, 0.29) is 12.1 Å². The summed E-state index contributed by atoms with van der Waals surface area (Å²) in [7, 11) is 1.58. The lowest BCUT2D eigenvalue weighted by Crippen LogP contribution is -2.50. The van der Waals surface area contributed by atoms with Crippen molar-refractivity contribution in [2.75, 3.05) is 26.7 Å². The lowest BCUT2D eigenvalue weighted by molar-refractivity contribution is 0.0112. The highest BCUT2D eigenvalue weighted by Crippen LogP contribution is 2.24. The van der Waals surface area contributed by atoms with Crippen LogP contribution in [-0.4, -0.2) is 48.3 Å². The van der Waals surface area contributed by atoms with Gasteiger partial charge in [0.1, 0.15) is 5.60 Å². The molecule has 6 nitrogen and oxygen atoms in total. The minimum atomic E-state index is -0.506. The van der Waals surface area contributed by atoms with E-state index in [2.05, 4.69) is 10.3 Å². The van der Waals surface area contributed by atoms with Crippen LogP contribution < -0.4 is 10.1 Å². The first-order valence-corrected chi connectivity index (χ1v) is 7.12. The van der Waals surface area contributed by atoms with Gasteiger partial charge in [-0.05, 0) is 26.8 Å². The van der Waals surface area contributed by atoms with Gasteiger partial charge in [-0.1, -0.05) is 6.07 Å². The monoisotopic (exact) mass is 293 g/mol. The van der Waals surface area contributed by atoms with Gasteiger partial charge in [-0.15, -0.1) is 0 Å². The fourth-order valence-electron chi connectivity index (χ4n) is 2.24. The minimum Gasteiger partial charge on any atom is -0.481 e. The molecule has 2 heterocycles. The maximum atomic E-state index is 12.4. The second-order valence-corrected chi connectivity index (χ2v) is 6.00. The van der Waals surface area contributed by atoms with Crippen LogP contribution in [-0.2, 0) is 4.74 Å². The Hall–Kier alpha value is -1.82. The van der Waals surface area contributed by atoms with Crippen molar-refractivity contribution >= 4 is 6.09 Å². The predicted molar refractivity (Wildman–Crippen MR) is 79.3 cm³/mol. The van der Waals surface area contributed by atoms with E-state index in [1.807, 2.05) is 32.9 Å². The molecule has 1 unspecified atom stereocenters. The van der Waals surface area contributed by atoms with Gasteiger partial charge in [0.15, 0.2) is 0 Å². The van der Waals surface area contributed by atoms with Gasteiger partial charge in [0.25, 0.3) is 0 Å². The summed E-state index contributed by atoms with van der Waals surface area (Å²) >= 11 is 0. The Balaban J connectivity index is 2.20. The van der Waals surface area contributed by atoms with Crippen molar-refractivity contribution in [3.63, 3.8) is 0 Å². The van der Waals surface area contributed by atoms with Crippen molar-refractivity contribution in [3.8, 4) is 5.88 Å². The molecule has 21 heavy (non-hydrogen) atoms. The van der Waals surface area contributed by atoms with Crippen LogP contribution >= 0.6 is 0 Å². The predicted octanol–water partition coefficient (Wildman–Crippen LogP) is 1.97. The van der Waals surface area contributed by atoms with Crippen molar-refractivity contribution < 1.29 is 14.3 Å². The molecule has 2 rings (SSSR count). The van der Waals surface area contributed by atoms with E-state index in [9.17, 15) is 4.79 Å². The van der Waals surface area contributed by atoms with Gasteiger partial charge in [-0.3, -0.25) is 4.90 Å². The van der Waals surface area contributed by atoms with Crippen molar-refractivity contribution in [2.24, 2.45) is 0 Å². The number of hydrogen-bond acceptors (Lipinski definition) is 5. The summed E-state index contributed by atoms with van der Waals surface area (Å²) in [5.74, 6) is 0.544. The number of aromatic nitrogens is 1. The number of ether oxygens (including phenoxy) is 2. The minimum absolute atomic E-state index is 0.149. The number of nitrogens with one attached hydrogen (secondary N) is 1. The average Bonchev–Trinajstić information content (AvgIpc) is 2.45. The Bertz CT molecular complexity index is 499. The lowest BCUT2D eigenvalue weighted by atomic mass is 10.1. The number of rotatable bonds is 2. The van der Waals surface area contributed by atoms with Gasteiger partial charge in [0.2, 0.25) is 5.88 Å². The van der Waals surface area contributed by atoms with E-state index >= 15 is 0 Å². The maximum Gasteiger partial charge on any atom is 0.410 e. The molecule has 1 fully saturated rings. The Morgan fingerprint density at radius 2 is 2.19 bits per heavy atom. The number of nitrogens with zero attached hydrogens (tertiary/aromatic N) is 2. The topological polar surface area (TPSA) is 63.7 Å². The number of amides is 1. The molecule has 0 radical (unpaired) electrons. The highest BCUT2D eigenvalue weighted by Gasteiger charge is 2.32. The smallest absolute Gasteiger partial charge is 0.410 e. The van der Waals surface area contributed by atoms with Gasteiger partial charge in [-0.25, -0.2) is 9.78 Å². The number of piperazine rings is 1. The third-order valence-corrected chi connectivity index (χ3v) is 3.17. The van der Waals surface area contributed by atoms with E-state index in [0.29, 0.717) is 19.0 Å². The normalized spacial score (nSPS) is 19.2. The summed E-state index contributed by atoms with van der Waals surface area (Å²) in [4.78, 5) is 18.5. The molecule has 1 N–H and O–H groups in total. The Labute approximate surface area is 125 Å². The molecule has 0 bridgehead atoms. The molecular weight excluding hydrogens is 270 g/mol. The van der Waals surface area contributed by atoms with Crippen LogP contribution in [0.25, 0.3) is 0 Å². The number of carbonyl (C=O) groups excluding carboxylic acids is 1. The maximum absolute atomic E-state index is 12.4. The largest absolute Gasteiger partial charge is 0.481 e. The second-order valence-electron chi connectivity index (χ2n) is 6.00. The van der Waals surface area contributed by atoms with E-state index in [1.165, 1.54) is 0 Å². The molecule has 0 saturated carbocycles. The first-order valence-electron chi connectivity index (χ1n) is 7.12. The van der Waals surface area contributed by atoms with E-state index in [0.717, 1.165) is 12.2 Å². The zero-order valence-electron chi connectivity index (χ0n) is 13.0. The third kappa shape index (κ3) is 4.07. The molecule has 1 aromatic heterocycles. The van der Waals surface area contributed by atoms with Gasteiger partial charge < -0.3 is 14.8 Å². The van der Waals surface area contributed by atoms with Crippen LogP contribution in [0.1, 0.15) is 32.5 Å². The molecule has 0 spiro atoms. The number of methoxy groups -OCH3 is 1. The molecule has 0 aliphatic carbocycles. The van der Waals surface area contributed by atoms with Crippen LogP contribution in [0.15, 0.2) is 18.2 Å². The first-order chi connectivity index (χ1) is 9.90. The SMILES string of the molecule is COc1cccc(C2CNCCN2C(=O)OC(C)(C)C)n1. The summed E-state index contributed by atoms with van der Waals surface area (Å²) in [6, 6.07) is 5.42. The Kier molecular flexibility index (Phi) is 4.67. The molecule has 1 atom stereocenters. The molecule has 1 aliphatic rings.